The van der Waals surface area contributed by atoms with E-state index in [1.165, 1.54) is 38.5 Å². The molecule has 0 aromatic rings. The van der Waals surface area contributed by atoms with Crippen molar-refractivity contribution in [2.45, 2.75) is 58.5 Å². The highest BCUT2D eigenvalue weighted by Crippen LogP contribution is 2.61. The standard InChI is InChI=1S/C18H33NO2/c1-3-19(5-6-21-4-2)13-17(20)18-10-14-7-15(11-18)9-16(8-14)12-18/h14-17,20H,3-13H2,1-2H3. The van der Waals surface area contributed by atoms with Gasteiger partial charge in [0, 0.05) is 19.7 Å². The van der Waals surface area contributed by atoms with E-state index in [1.807, 2.05) is 6.92 Å². The number of ether oxygens (including phenoxy) is 1. The molecular weight excluding hydrogens is 262 g/mol. The molecule has 4 rings (SSSR count). The molecule has 0 aliphatic heterocycles. The van der Waals surface area contributed by atoms with Crippen LogP contribution < -0.4 is 0 Å². The number of hydrogen-bond donors (Lipinski definition) is 1. The number of hydrogen-bond acceptors (Lipinski definition) is 3. The quantitative estimate of drug-likeness (QED) is 0.699. The van der Waals surface area contributed by atoms with E-state index in [2.05, 4.69) is 11.8 Å². The van der Waals surface area contributed by atoms with Gasteiger partial charge in [-0.05, 0) is 75.2 Å². The minimum atomic E-state index is -0.132. The van der Waals surface area contributed by atoms with Crippen molar-refractivity contribution in [3.05, 3.63) is 0 Å². The fourth-order valence-electron chi connectivity index (χ4n) is 5.74. The lowest BCUT2D eigenvalue weighted by Crippen LogP contribution is -2.54. The monoisotopic (exact) mass is 295 g/mol. The third-order valence-electron chi connectivity index (χ3n) is 6.43. The van der Waals surface area contributed by atoms with Crippen molar-refractivity contribution in [1.29, 1.82) is 0 Å². The summed E-state index contributed by atoms with van der Waals surface area (Å²) in [6, 6.07) is 0. The summed E-state index contributed by atoms with van der Waals surface area (Å²) in [5.74, 6) is 2.76. The van der Waals surface area contributed by atoms with E-state index < -0.39 is 0 Å². The normalized spacial score (nSPS) is 39.1. The maximum Gasteiger partial charge on any atom is 0.0723 e. The summed E-state index contributed by atoms with van der Waals surface area (Å²) >= 11 is 0. The van der Waals surface area contributed by atoms with Gasteiger partial charge in [-0.2, -0.15) is 0 Å². The zero-order valence-corrected chi connectivity index (χ0v) is 13.9. The molecule has 3 nitrogen and oxygen atoms in total. The van der Waals surface area contributed by atoms with Gasteiger partial charge in [-0.1, -0.05) is 6.92 Å². The van der Waals surface area contributed by atoms with Gasteiger partial charge in [-0.15, -0.1) is 0 Å². The minimum absolute atomic E-state index is 0.132. The molecule has 4 aliphatic carbocycles. The van der Waals surface area contributed by atoms with Gasteiger partial charge in [-0.25, -0.2) is 0 Å². The van der Waals surface area contributed by atoms with Crippen molar-refractivity contribution in [2.24, 2.45) is 23.2 Å². The number of aliphatic hydroxyl groups is 1. The molecule has 0 aromatic carbocycles. The highest BCUT2D eigenvalue weighted by molar-refractivity contribution is 5.04. The minimum Gasteiger partial charge on any atom is -0.391 e. The van der Waals surface area contributed by atoms with Crippen molar-refractivity contribution in [1.82, 2.24) is 4.90 Å². The van der Waals surface area contributed by atoms with E-state index in [1.54, 1.807) is 0 Å². The van der Waals surface area contributed by atoms with Crippen LogP contribution in [-0.2, 0) is 4.74 Å². The Bertz CT molecular complexity index is 309. The Hall–Kier alpha value is -0.120. The molecule has 122 valence electrons. The van der Waals surface area contributed by atoms with Gasteiger partial charge in [-0.3, -0.25) is 4.90 Å². The topological polar surface area (TPSA) is 32.7 Å². The summed E-state index contributed by atoms with van der Waals surface area (Å²) in [6.45, 7) is 8.62. The fraction of sp³-hybridized carbons (Fsp3) is 1.00. The summed E-state index contributed by atoms with van der Waals surface area (Å²) in [4.78, 5) is 2.37. The van der Waals surface area contributed by atoms with Crippen LogP contribution in [0, 0.1) is 23.2 Å². The molecule has 3 heteroatoms. The van der Waals surface area contributed by atoms with Crippen molar-refractivity contribution < 1.29 is 9.84 Å². The summed E-state index contributed by atoms with van der Waals surface area (Å²) in [5.41, 5.74) is 0.258. The van der Waals surface area contributed by atoms with E-state index >= 15 is 0 Å². The summed E-state index contributed by atoms with van der Waals surface area (Å²) in [6.07, 6.45) is 8.11. The van der Waals surface area contributed by atoms with E-state index in [4.69, 9.17) is 4.74 Å². The maximum atomic E-state index is 11.0. The van der Waals surface area contributed by atoms with Gasteiger partial charge in [0.05, 0.1) is 12.7 Å². The Morgan fingerprint density at radius 1 is 1.10 bits per heavy atom. The smallest absolute Gasteiger partial charge is 0.0723 e. The fourth-order valence-corrected chi connectivity index (χ4v) is 5.74. The molecule has 4 saturated carbocycles. The molecule has 4 aliphatic rings. The van der Waals surface area contributed by atoms with E-state index in [9.17, 15) is 5.11 Å². The van der Waals surface area contributed by atoms with Crippen LogP contribution in [0.5, 0.6) is 0 Å². The zero-order chi connectivity index (χ0) is 14.9. The number of aliphatic hydroxyl groups excluding tert-OH is 1. The van der Waals surface area contributed by atoms with Crippen molar-refractivity contribution in [2.75, 3.05) is 32.8 Å². The molecule has 0 aromatic heterocycles. The third kappa shape index (κ3) is 3.30. The number of nitrogens with zero attached hydrogens (tertiary/aromatic N) is 1. The van der Waals surface area contributed by atoms with Crippen LogP contribution in [0.3, 0.4) is 0 Å². The Labute approximate surface area is 130 Å². The molecule has 1 unspecified atom stereocenters. The van der Waals surface area contributed by atoms with Gasteiger partial charge >= 0.3 is 0 Å². The van der Waals surface area contributed by atoms with Crippen molar-refractivity contribution >= 4 is 0 Å². The summed E-state index contributed by atoms with van der Waals surface area (Å²) in [7, 11) is 0. The molecule has 0 radical (unpaired) electrons. The van der Waals surface area contributed by atoms with Crippen LogP contribution in [0.15, 0.2) is 0 Å². The molecule has 0 amide bonds. The number of rotatable bonds is 8. The first-order valence-electron chi connectivity index (χ1n) is 9.13. The van der Waals surface area contributed by atoms with Crippen LogP contribution in [0.1, 0.15) is 52.4 Å². The highest BCUT2D eigenvalue weighted by atomic mass is 16.5. The second kappa shape index (κ2) is 6.55. The van der Waals surface area contributed by atoms with Crippen molar-refractivity contribution in [3.63, 3.8) is 0 Å². The lowest BCUT2D eigenvalue weighted by molar-refractivity contribution is -0.127. The van der Waals surface area contributed by atoms with E-state index in [-0.39, 0.29) is 11.5 Å². The Morgan fingerprint density at radius 2 is 1.67 bits per heavy atom. The molecule has 1 N–H and O–H groups in total. The van der Waals surface area contributed by atoms with Crippen LogP contribution in [-0.4, -0.2) is 49.0 Å². The molecule has 0 spiro atoms. The molecule has 1 atom stereocenters. The zero-order valence-electron chi connectivity index (χ0n) is 13.9. The molecule has 0 saturated heterocycles. The first-order chi connectivity index (χ1) is 10.1. The average molecular weight is 295 g/mol. The number of likely N-dealkylation sites (N-methyl/N-ethyl adjacent to an activating group) is 1. The van der Waals surface area contributed by atoms with Crippen LogP contribution in [0.2, 0.25) is 0 Å². The predicted octanol–water partition coefficient (Wildman–Crippen LogP) is 2.92. The summed E-state index contributed by atoms with van der Waals surface area (Å²) in [5, 5.41) is 11.0. The second-order valence-electron chi connectivity index (χ2n) is 7.89. The largest absolute Gasteiger partial charge is 0.391 e. The third-order valence-corrected chi connectivity index (χ3v) is 6.43. The van der Waals surface area contributed by atoms with Crippen LogP contribution >= 0.6 is 0 Å². The van der Waals surface area contributed by atoms with Crippen LogP contribution in [0.4, 0.5) is 0 Å². The van der Waals surface area contributed by atoms with Gasteiger partial charge in [0.15, 0.2) is 0 Å². The SMILES string of the molecule is CCOCCN(CC)CC(O)C12CC3CC(CC(C3)C1)C2. The Morgan fingerprint density at radius 3 is 2.14 bits per heavy atom. The Kier molecular flexibility index (Phi) is 4.92. The van der Waals surface area contributed by atoms with Gasteiger partial charge in [0.1, 0.15) is 0 Å². The first-order valence-corrected chi connectivity index (χ1v) is 9.13. The van der Waals surface area contributed by atoms with Gasteiger partial charge in [0.25, 0.3) is 0 Å². The Balaban J connectivity index is 1.58. The van der Waals surface area contributed by atoms with E-state index in [0.29, 0.717) is 0 Å². The van der Waals surface area contributed by atoms with Crippen LogP contribution in [0.25, 0.3) is 0 Å². The molecule has 21 heavy (non-hydrogen) atoms. The highest BCUT2D eigenvalue weighted by Gasteiger charge is 2.53. The first kappa shape index (κ1) is 15.8. The second-order valence-corrected chi connectivity index (χ2v) is 7.89. The van der Waals surface area contributed by atoms with Gasteiger partial charge in [0.2, 0.25) is 0 Å². The summed E-state index contributed by atoms with van der Waals surface area (Å²) < 4.78 is 5.47. The molecule has 4 bridgehead atoms. The predicted molar refractivity (Wildman–Crippen MR) is 85.2 cm³/mol. The average Bonchev–Trinajstić information content (AvgIpc) is 2.44. The van der Waals surface area contributed by atoms with Gasteiger partial charge < -0.3 is 9.84 Å². The lowest BCUT2D eigenvalue weighted by Gasteiger charge is -2.58. The van der Waals surface area contributed by atoms with Crippen molar-refractivity contribution in [3.8, 4) is 0 Å². The molecule has 4 fully saturated rings. The molecular formula is C18H33NO2. The van der Waals surface area contributed by atoms with E-state index in [0.717, 1.165) is 50.6 Å². The maximum absolute atomic E-state index is 11.0. The lowest BCUT2D eigenvalue weighted by atomic mass is 9.48. The molecule has 0 heterocycles.